The van der Waals surface area contributed by atoms with Gasteiger partial charge in [-0.25, -0.2) is 0 Å². The fourth-order valence-electron chi connectivity index (χ4n) is 1.99. The van der Waals surface area contributed by atoms with Crippen LogP contribution < -0.4 is 5.32 Å². The predicted molar refractivity (Wildman–Crippen MR) is 65.1 cm³/mol. The van der Waals surface area contributed by atoms with Gasteiger partial charge in [-0.05, 0) is 44.5 Å². The van der Waals surface area contributed by atoms with E-state index < -0.39 is 0 Å². The minimum Gasteiger partial charge on any atom is -0.370 e. The highest BCUT2D eigenvalue weighted by Gasteiger charge is 2.16. The van der Waals surface area contributed by atoms with Crippen LogP contribution in [0.3, 0.4) is 0 Å². The smallest absolute Gasteiger partial charge is 0.190 e. The third kappa shape index (κ3) is 3.35. The molecular weight excluding hydrogens is 216 g/mol. The van der Waals surface area contributed by atoms with Gasteiger partial charge in [-0.2, -0.15) is 0 Å². The Bertz CT molecular complexity index is 387. The molecule has 1 N–H and O–H groups in total. The van der Waals surface area contributed by atoms with E-state index in [2.05, 4.69) is 10.3 Å². The lowest BCUT2D eigenvalue weighted by molar-refractivity contribution is 0.0317. The van der Waals surface area contributed by atoms with Gasteiger partial charge >= 0.3 is 0 Å². The highest BCUT2D eigenvalue weighted by Crippen LogP contribution is 2.10. The van der Waals surface area contributed by atoms with Crippen LogP contribution in [-0.4, -0.2) is 36.6 Å². The summed E-state index contributed by atoms with van der Waals surface area (Å²) >= 11 is 0. The van der Waals surface area contributed by atoms with Crippen LogP contribution in [0.2, 0.25) is 0 Å². The Labute approximate surface area is 101 Å². The number of carbonyl (C=O) groups excluding carboxylic acids is 1. The number of hydrogen-bond acceptors (Lipinski definition) is 4. The highest BCUT2D eigenvalue weighted by molar-refractivity contribution is 5.98. The van der Waals surface area contributed by atoms with Crippen LogP contribution in [-0.2, 0) is 4.74 Å². The first-order valence-electron chi connectivity index (χ1n) is 6.03. The van der Waals surface area contributed by atoms with Crippen molar-refractivity contribution in [2.45, 2.75) is 25.9 Å². The summed E-state index contributed by atoms with van der Waals surface area (Å²) in [6.07, 6.45) is 5.50. The number of rotatable bonds is 4. The van der Waals surface area contributed by atoms with E-state index in [4.69, 9.17) is 4.74 Å². The summed E-state index contributed by atoms with van der Waals surface area (Å²) in [6.45, 7) is 4.03. The largest absolute Gasteiger partial charge is 0.370 e. The van der Waals surface area contributed by atoms with E-state index >= 15 is 0 Å². The second kappa shape index (κ2) is 5.89. The Morgan fingerprint density at radius 1 is 1.53 bits per heavy atom. The molecule has 92 valence electrons. The summed E-state index contributed by atoms with van der Waals surface area (Å²) in [5.41, 5.74) is 1.63. The standard InChI is InChI=1S/C13H18N2O2/c1-10-2-5-15-8-12(10)13(16)9-17-11-3-6-14-7-4-11/h2,5,8,11,14H,3-4,6-7,9H2,1H3. The number of piperidine rings is 1. The van der Waals surface area contributed by atoms with Crippen LogP contribution in [0.4, 0.5) is 0 Å². The molecule has 1 aromatic rings. The van der Waals surface area contributed by atoms with Crippen molar-refractivity contribution in [2.75, 3.05) is 19.7 Å². The molecule has 0 unspecified atom stereocenters. The number of nitrogens with zero attached hydrogens (tertiary/aromatic N) is 1. The zero-order valence-electron chi connectivity index (χ0n) is 10.1. The van der Waals surface area contributed by atoms with E-state index in [0.717, 1.165) is 31.5 Å². The van der Waals surface area contributed by atoms with E-state index in [1.54, 1.807) is 12.4 Å². The number of nitrogens with one attached hydrogen (secondary N) is 1. The minimum atomic E-state index is 0.0223. The zero-order valence-corrected chi connectivity index (χ0v) is 10.1. The van der Waals surface area contributed by atoms with Crippen molar-refractivity contribution in [2.24, 2.45) is 0 Å². The second-order valence-corrected chi connectivity index (χ2v) is 4.37. The van der Waals surface area contributed by atoms with Gasteiger partial charge in [0.1, 0.15) is 6.61 Å². The second-order valence-electron chi connectivity index (χ2n) is 4.37. The third-order valence-corrected chi connectivity index (χ3v) is 3.08. The molecule has 0 aliphatic carbocycles. The molecule has 4 nitrogen and oxygen atoms in total. The number of hydrogen-bond donors (Lipinski definition) is 1. The van der Waals surface area contributed by atoms with Crippen LogP contribution in [0.15, 0.2) is 18.5 Å². The number of ether oxygens (including phenoxy) is 1. The molecule has 0 atom stereocenters. The topological polar surface area (TPSA) is 51.2 Å². The lowest BCUT2D eigenvalue weighted by Gasteiger charge is -2.22. The molecular formula is C13H18N2O2. The lowest BCUT2D eigenvalue weighted by Crippen LogP contribution is -2.33. The number of pyridine rings is 1. The molecule has 0 radical (unpaired) electrons. The van der Waals surface area contributed by atoms with Crippen molar-refractivity contribution in [1.29, 1.82) is 0 Å². The summed E-state index contributed by atoms with van der Waals surface area (Å²) < 4.78 is 5.64. The van der Waals surface area contributed by atoms with Crippen LogP contribution in [0.25, 0.3) is 0 Å². The first-order valence-corrected chi connectivity index (χ1v) is 6.03. The normalized spacial score (nSPS) is 17.0. The van der Waals surface area contributed by atoms with Gasteiger partial charge in [0.15, 0.2) is 5.78 Å². The van der Waals surface area contributed by atoms with Gasteiger partial charge in [-0.1, -0.05) is 0 Å². The molecule has 2 heterocycles. The summed E-state index contributed by atoms with van der Waals surface area (Å²) in [7, 11) is 0. The monoisotopic (exact) mass is 234 g/mol. The minimum absolute atomic E-state index is 0.0223. The molecule has 2 rings (SSSR count). The van der Waals surface area contributed by atoms with Gasteiger partial charge in [-0.3, -0.25) is 9.78 Å². The van der Waals surface area contributed by atoms with E-state index in [1.807, 2.05) is 13.0 Å². The number of aryl methyl sites for hydroxylation is 1. The molecule has 0 saturated carbocycles. The van der Waals surface area contributed by atoms with Gasteiger partial charge in [0.2, 0.25) is 0 Å². The molecule has 17 heavy (non-hydrogen) atoms. The molecule has 1 aliphatic rings. The average Bonchev–Trinajstić information content (AvgIpc) is 2.38. The van der Waals surface area contributed by atoms with Crippen LogP contribution in [0.5, 0.6) is 0 Å². The Balaban J connectivity index is 1.87. The maximum Gasteiger partial charge on any atom is 0.190 e. The Morgan fingerprint density at radius 3 is 3.00 bits per heavy atom. The van der Waals surface area contributed by atoms with Crippen molar-refractivity contribution in [1.82, 2.24) is 10.3 Å². The molecule has 1 aliphatic heterocycles. The van der Waals surface area contributed by atoms with Gasteiger partial charge in [0, 0.05) is 18.0 Å². The average molecular weight is 234 g/mol. The molecule has 0 bridgehead atoms. The molecule has 0 aromatic carbocycles. The lowest BCUT2D eigenvalue weighted by atomic mass is 10.1. The first kappa shape index (κ1) is 12.2. The zero-order chi connectivity index (χ0) is 12.1. The summed E-state index contributed by atoms with van der Waals surface area (Å²) in [5.74, 6) is 0.0223. The summed E-state index contributed by atoms with van der Waals surface area (Å²) in [4.78, 5) is 15.9. The molecule has 0 spiro atoms. The maximum absolute atomic E-state index is 11.9. The third-order valence-electron chi connectivity index (χ3n) is 3.08. The van der Waals surface area contributed by atoms with Crippen molar-refractivity contribution < 1.29 is 9.53 Å². The molecule has 4 heteroatoms. The van der Waals surface area contributed by atoms with Crippen molar-refractivity contribution in [3.8, 4) is 0 Å². The van der Waals surface area contributed by atoms with Gasteiger partial charge in [-0.15, -0.1) is 0 Å². The highest BCUT2D eigenvalue weighted by atomic mass is 16.5. The maximum atomic E-state index is 11.9. The van der Waals surface area contributed by atoms with Crippen molar-refractivity contribution in [3.05, 3.63) is 29.6 Å². The van der Waals surface area contributed by atoms with Crippen LogP contribution in [0.1, 0.15) is 28.8 Å². The number of ketones is 1. The molecule has 1 fully saturated rings. The number of aromatic nitrogens is 1. The van der Waals surface area contributed by atoms with Gasteiger partial charge in [0.25, 0.3) is 0 Å². The van der Waals surface area contributed by atoms with Crippen LogP contribution in [0, 0.1) is 6.92 Å². The van der Waals surface area contributed by atoms with Gasteiger partial charge < -0.3 is 10.1 Å². The molecule has 1 aromatic heterocycles. The van der Waals surface area contributed by atoms with E-state index in [9.17, 15) is 4.79 Å². The molecule has 0 amide bonds. The van der Waals surface area contributed by atoms with Gasteiger partial charge in [0.05, 0.1) is 6.10 Å². The van der Waals surface area contributed by atoms with Crippen LogP contribution >= 0.6 is 0 Å². The Morgan fingerprint density at radius 2 is 2.29 bits per heavy atom. The van der Waals surface area contributed by atoms with Crippen molar-refractivity contribution in [3.63, 3.8) is 0 Å². The fourth-order valence-corrected chi connectivity index (χ4v) is 1.99. The van der Waals surface area contributed by atoms with E-state index in [0.29, 0.717) is 5.56 Å². The van der Waals surface area contributed by atoms with E-state index in [-0.39, 0.29) is 18.5 Å². The number of Topliss-reactive ketones (excluding diaryl/α,β-unsaturated/α-hetero) is 1. The summed E-state index contributed by atoms with van der Waals surface area (Å²) in [5, 5.41) is 3.27. The predicted octanol–water partition coefficient (Wildman–Crippen LogP) is 1.34. The summed E-state index contributed by atoms with van der Waals surface area (Å²) in [6, 6.07) is 1.85. The van der Waals surface area contributed by atoms with E-state index in [1.165, 1.54) is 0 Å². The Hall–Kier alpha value is -1.26. The fraction of sp³-hybridized carbons (Fsp3) is 0.538. The first-order chi connectivity index (χ1) is 8.27. The quantitative estimate of drug-likeness (QED) is 0.799. The van der Waals surface area contributed by atoms with Crippen molar-refractivity contribution >= 4 is 5.78 Å². The Kier molecular flexibility index (Phi) is 4.23. The number of carbonyl (C=O) groups is 1. The molecule has 1 saturated heterocycles. The SMILES string of the molecule is Cc1ccncc1C(=O)COC1CCNCC1.